The van der Waals surface area contributed by atoms with Crippen molar-refractivity contribution in [2.24, 2.45) is 0 Å². The molecule has 0 bridgehead atoms. The zero-order valence-corrected chi connectivity index (χ0v) is 16.4. The lowest BCUT2D eigenvalue weighted by atomic mass is 9.96. The first-order valence-electron chi connectivity index (χ1n) is 9.43. The third kappa shape index (κ3) is 3.43. The monoisotopic (exact) mass is 385 g/mol. The number of amides is 1. The van der Waals surface area contributed by atoms with Crippen molar-refractivity contribution in [2.75, 3.05) is 0 Å². The molecule has 142 valence electrons. The number of carbonyl (C=O) groups excluding carboxylic acids is 2. The molecule has 1 atom stereocenters. The molecule has 3 aromatic rings. The lowest BCUT2D eigenvalue weighted by molar-refractivity contribution is -0.129. The molecule has 2 aromatic heterocycles. The molecule has 7 heteroatoms. The number of Topliss-reactive ketones (excluding diaryl/α,β-unsaturated/α-hetero) is 1. The summed E-state index contributed by atoms with van der Waals surface area (Å²) in [4.78, 5) is 30.6. The summed E-state index contributed by atoms with van der Waals surface area (Å²) < 4.78 is 7.43. The third-order valence-electron chi connectivity index (χ3n) is 5.19. The van der Waals surface area contributed by atoms with Crippen molar-refractivity contribution in [2.45, 2.75) is 58.6 Å². The van der Waals surface area contributed by atoms with Gasteiger partial charge in [0.15, 0.2) is 16.8 Å². The number of benzene rings is 1. The summed E-state index contributed by atoms with van der Waals surface area (Å²) in [6.07, 6.45) is 2.83. The molecule has 1 unspecified atom stereocenters. The zero-order valence-electron chi connectivity index (χ0n) is 15.6. The van der Waals surface area contributed by atoms with Crippen LogP contribution in [0.1, 0.15) is 48.7 Å². The standard InChI is InChI=1S/C20H23N3O3S/c1-3-13-8-9-15-14(10-13)22-19-23(15)12(2)18(27-19)11-21-20(25)26-17-7-5-4-6-16(17)24/h8-10,17H,3-7,11H2,1-2H3,(H,21,25). The fraction of sp³-hybridized carbons (Fsp3) is 0.450. The molecule has 0 spiro atoms. The molecule has 1 amide bonds. The number of imidazole rings is 1. The van der Waals surface area contributed by atoms with Crippen LogP contribution in [0.4, 0.5) is 4.79 Å². The predicted octanol–water partition coefficient (Wildman–Crippen LogP) is 4.16. The molecule has 2 heterocycles. The van der Waals surface area contributed by atoms with Gasteiger partial charge in [0.25, 0.3) is 0 Å². The maximum atomic E-state index is 12.1. The average Bonchev–Trinajstić information content (AvgIpc) is 3.17. The van der Waals surface area contributed by atoms with Gasteiger partial charge in [-0.15, -0.1) is 0 Å². The van der Waals surface area contributed by atoms with Crippen molar-refractivity contribution in [1.82, 2.24) is 14.7 Å². The molecule has 1 N–H and O–H groups in total. The van der Waals surface area contributed by atoms with Crippen molar-refractivity contribution < 1.29 is 14.3 Å². The van der Waals surface area contributed by atoms with Gasteiger partial charge < -0.3 is 10.1 Å². The van der Waals surface area contributed by atoms with Gasteiger partial charge in [0.05, 0.1) is 17.6 Å². The second kappa shape index (κ2) is 7.31. The number of fused-ring (bicyclic) bond motifs is 3. The van der Waals surface area contributed by atoms with E-state index in [9.17, 15) is 9.59 Å². The first-order chi connectivity index (χ1) is 13.1. The maximum absolute atomic E-state index is 12.1. The van der Waals surface area contributed by atoms with E-state index in [4.69, 9.17) is 9.72 Å². The van der Waals surface area contributed by atoms with Gasteiger partial charge in [0, 0.05) is 17.0 Å². The van der Waals surface area contributed by atoms with Gasteiger partial charge in [0.1, 0.15) is 0 Å². The second-order valence-corrected chi connectivity index (χ2v) is 8.04. The van der Waals surface area contributed by atoms with Gasteiger partial charge >= 0.3 is 6.09 Å². The smallest absolute Gasteiger partial charge is 0.408 e. The molecule has 1 aliphatic carbocycles. The Morgan fingerprint density at radius 3 is 3.04 bits per heavy atom. The molecule has 0 radical (unpaired) electrons. The van der Waals surface area contributed by atoms with Crippen LogP contribution in [-0.4, -0.2) is 27.4 Å². The summed E-state index contributed by atoms with van der Waals surface area (Å²) in [6.45, 7) is 4.54. The minimum atomic E-state index is -0.586. The van der Waals surface area contributed by atoms with Crippen LogP contribution in [0.15, 0.2) is 18.2 Å². The Hall–Kier alpha value is -2.41. The number of aromatic nitrogens is 2. The highest BCUT2D eigenvalue weighted by molar-refractivity contribution is 7.17. The Kier molecular flexibility index (Phi) is 4.86. The van der Waals surface area contributed by atoms with E-state index in [2.05, 4.69) is 34.8 Å². The number of carbonyl (C=O) groups is 2. The van der Waals surface area contributed by atoms with Gasteiger partial charge in [-0.3, -0.25) is 9.20 Å². The number of aryl methyl sites for hydroxylation is 2. The lowest BCUT2D eigenvalue weighted by Gasteiger charge is -2.20. The van der Waals surface area contributed by atoms with E-state index in [1.165, 1.54) is 5.56 Å². The Balaban J connectivity index is 1.48. The molecule has 1 aliphatic rings. The molecule has 0 aliphatic heterocycles. The van der Waals surface area contributed by atoms with E-state index in [1.54, 1.807) is 11.3 Å². The summed E-state index contributed by atoms with van der Waals surface area (Å²) >= 11 is 1.57. The zero-order chi connectivity index (χ0) is 19.0. The third-order valence-corrected chi connectivity index (χ3v) is 6.33. The van der Waals surface area contributed by atoms with E-state index >= 15 is 0 Å². The fourth-order valence-electron chi connectivity index (χ4n) is 3.59. The van der Waals surface area contributed by atoms with E-state index < -0.39 is 12.2 Å². The number of nitrogens with one attached hydrogen (secondary N) is 1. The van der Waals surface area contributed by atoms with Gasteiger partial charge in [-0.2, -0.15) is 0 Å². The summed E-state index contributed by atoms with van der Waals surface area (Å²) in [7, 11) is 0. The summed E-state index contributed by atoms with van der Waals surface area (Å²) in [5.74, 6) is 0.0279. The number of hydrogen-bond acceptors (Lipinski definition) is 5. The van der Waals surface area contributed by atoms with E-state index in [1.807, 2.05) is 6.92 Å². The number of ether oxygens (including phenoxy) is 1. The number of hydrogen-bond donors (Lipinski definition) is 1. The molecule has 1 fully saturated rings. The van der Waals surface area contributed by atoms with Crippen LogP contribution >= 0.6 is 11.3 Å². The fourth-order valence-corrected chi connectivity index (χ4v) is 4.66. The molecule has 1 saturated carbocycles. The molecule has 27 heavy (non-hydrogen) atoms. The van der Waals surface area contributed by atoms with E-state index in [0.29, 0.717) is 19.4 Å². The highest BCUT2D eigenvalue weighted by Gasteiger charge is 2.25. The number of thiazole rings is 1. The quantitative estimate of drug-likeness (QED) is 0.732. The molecular formula is C20H23N3O3S. The Morgan fingerprint density at radius 1 is 1.41 bits per heavy atom. The van der Waals surface area contributed by atoms with Crippen LogP contribution in [-0.2, 0) is 22.5 Å². The Bertz CT molecular complexity index is 1020. The number of rotatable bonds is 4. The Labute approximate surface area is 161 Å². The summed E-state index contributed by atoms with van der Waals surface area (Å²) in [5, 5.41) is 2.78. The minimum absolute atomic E-state index is 0.0279. The van der Waals surface area contributed by atoms with Crippen molar-refractivity contribution in [3.63, 3.8) is 0 Å². The normalized spacial score (nSPS) is 17.6. The second-order valence-electron chi connectivity index (χ2n) is 6.98. The van der Waals surface area contributed by atoms with Crippen molar-refractivity contribution in [3.8, 4) is 0 Å². The van der Waals surface area contributed by atoms with Crippen LogP contribution in [0.5, 0.6) is 0 Å². The van der Waals surface area contributed by atoms with Crippen LogP contribution < -0.4 is 5.32 Å². The first-order valence-corrected chi connectivity index (χ1v) is 10.2. The van der Waals surface area contributed by atoms with Gasteiger partial charge in [-0.1, -0.05) is 24.3 Å². The SMILES string of the molecule is CCc1ccc2c(c1)nc1sc(CNC(=O)OC3CCCCC3=O)c(C)n12. The minimum Gasteiger partial charge on any atom is -0.438 e. The predicted molar refractivity (Wildman–Crippen MR) is 105 cm³/mol. The van der Waals surface area contributed by atoms with Gasteiger partial charge in [0.2, 0.25) is 0 Å². The molecule has 4 rings (SSSR count). The highest BCUT2D eigenvalue weighted by atomic mass is 32.1. The van der Waals surface area contributed by atoms with Crippen molar-refractivity contribution in [1.29, 1.82) is 0 Å². The van der Waals surface area contributed by atoms with E-state index in [-0.39, 0.29) is 5.78 Å². The Morgan fingerprint density at radius 2 is 2.26 bits per heavy atom. The maximum Gasteiger partial charge on any atom is 0.408 e. The van der Waals surface area contributed by atoms with Crippen LogP contribution in [0, 0.1) is 6.92 Å². The van der Waals surface area contributed by atoms with E-state index in [0.717, 1.165) is 45.8 Å². The van der Waals surface area contributed by atoms with Crippen LogP contribution in [0.2, 0.25) is 0 Å². The van der Waals surface area contributed by atoms with Gasteiger partial charge in [-0.05, 0) is 50.3 Å². The molecule has 0 saturated heterocycles. The van der Waals surface area contributed by atoms with Crippen LogP contribution in [0.3, 0.4) is 0 Å². The number of nitrogens with zero attached hydrogens (tertiary/aromatic N) is 2. The molecule has 1 aromatic carbocycles. The lowest BCUT2D eigenvalue weighted by Crippen LogP contribution is -2.34. The first kappa shape index (κ1) is 18.0. The van der Waals surface area contributed by atoms with Crippen molar-refractivity contribution >= 4 is 39.2 Å². The number of alkyl carbamates (subject to hydrolysis) is 1. The average molecular weight is 385 g/mol. The molecule has 6 nitrogen and oxygen atoms in total. The summed E-state index contributed by atoms with van der Waals surface area (Å²) in [5.41, 5.74) is 4.42. The molecular weight excluding hydrogens is 362 g/mol. The topological polar surface area (TPSA) is 72.7 Å². The van der Waals surface area contributed by atoms with Gasteiger partial charge in [-0.25, -0.2) is 9.78 Å². The largest absolute Gasteiger partial charge is 0.438 e. The number of ketones is 1. The van der Waals surface area contributed by atoms with Crippen molar-refractivity contribution in [3.05, 3.63) is 34.3 Å². The van der Waals surface area contributed by atoms with Crippen LogP contribution in [0.25, 0.3) is 16.0 Å². The summed E-state index contributed by atoms with van der Waals surface area (Å²) in [6, 6.07) is 6.36. The highest BCUT2D eigenvalue weighted by Crippen LogP contribution is 2.28.